The van der Waals surface area contributed by atoms with E-state index in [4.69, 9.17) is 15.5 Å². The molecule has 8 heteroatoms. The van der Waals surface area contributed by atoms with E-state index in [1.54, 1.807) is 0 Å². The lowest BCUT2D eigenvalue weighted by atomic mass is 10.0. The number of alkyl halides is 3. The minimum Gasteiger partial charge on any atom is -0.508 e. The van der Waals surface area contributed by atoms with E-state index in [9.17, 15) is 18.3 Å². The molecule has 0 radical (unpaired) electrons. The lowest BCUT2D eigenvalue weighted by molar-refractivity contribution is -0.275. The van der Waals surface area contributed by atoms with E-state index in [-0.39, 0.29) is 0 Å². The summed E-state index contributed by atoms with van der Waals surface area (Å²) < 4.78 is 39.8. The number of phenolic OH excluding ortho intramolecular Hbond substituents is 1. The zero-order valence-electron chi connectivity index (χ0n) is 8.72. The van der Waals surface area contributed by atoms with Crippen molar-refractivity contribution in [2.75, 3.05) is 0 Å². The Bertz CT molecular complexity index is 469. The van der Waals surface area contributed by atoms with Crippen LogP contribution in [-0.4, -0.2) is 27.8 Å². The van der Waals surface area contributed by atoms with Crippen molar-refractivity contribution in [1.29, 1.82) is 5.26 Å². The molecule has 2 atom stereocenters. The second-order valence-corrected chi connectivity index (χ2v) is 3.29. The van der Waals surface area contributed by atoms with E-state index < -0.39 is 35.6 Å². The van der Waals surface area contributed by atoms with E-state index >= 15 is 0 Å². The number of aliphatic hydroxyl groups is 2. The summed E-state index contributed by atoms with van der Waals surface area (Å²) in [5.74, 6) is -1.24. The van der Waals surface area contributed by atoms with Crippen LogP contribution in [0.2, 0.25) is 0 Å². The van der Waals surface area contributed by atoms with E-state index in [1.807, 2.05) is 0 Å². The molecule has 0 aromatic heterocycles. The second kappa shape index (κ2) is 5.12. The molecule has 0 spiro atoms. The fourth-order valence-corrected chi connectivity index (χ4v) is 1.23. The monoisotopic (exact) mass is 263 g/mol. The summed E-state index contributed by atoms with van der Waals surface area (Å²) >= 11 is 0. The van der Waals surface area contributed by atoms with Crippen molar-refractivity contribution in [1.82, 2.24) is 0 Å². The summed E-state index contributed by atoms with van der Waals surface area (Å²) in [5.41, 5.74) is -0.540. The fourth-order valence-electron chi connectivity index (χ4n) is 1.23. The van der Waals surface area contributed by atoms with Crippen LogP contribution in [-0.2, 0) is 0 Å². The zero-order valence-corrected chi connectivity index (χ0v) is 8.72. The first-order chi connectivity index (χ1) is 8.24. The Morgan fingerprint density at radius 2 is 1.89 bits per heavy atom. The molecule has 3 N–H and O–H groups in total. The number of phenols is 1. The second-order valence-electron chi connectivity index (χ2n) is 3.29. The Kier molecular flexibility index (Phi) is 4.00. The highest BCUT2D eigenvalue weighted by Gasteiger charge is 2.34. The van der Waals surface area contributed by atoms with Gasteiger partial charge in [0.05, 0.1) is 6.07 Å². The fraction of sp³-hybridized carbons (Fsp3) is 0.300. The number of halogens is 3. The number of hydrogen-bond acceptors (Lipinski definition) is 5. The number of rotatable bonds is 3. The van der Waals surface area contributed by atoms with Crippen molar-refractivity contribution < 1.29 is 33.2 Å². The van der Waals surface area contributed by atoms with Crippen LogP contribution in [0.15, 0.2) is 18.2 Å². The van der Waals surface area contributed by atoms with Crippen molar-refractivity contribution in [3.8, 4) is 17.6 Å². The van der Waals surface area contributed by atoms with Crippen LogP contribution < -0.4 is 4.74 Å². The van der Waals surface area contributed by atoms with Gasteiger partial charge < -0.3 is 20.1 Å². The third-order valence-corrected chi connectivity index (χ3v) is 1.97. The molecule has 0 saturated heterocycles. The molecular weight excluding hydrogens is 255 g/mol. The van der Waals surface area contributed by atoms with Crippen LogP contribution in [0.25, 0.3) is 0 Å². The number of nitriles is 1. The van der Waals surface area contributed by atoms with Gasteiger partial charge in [0.25, 0.3) is 0 Å². The quantitative estimate of drug-likeness (QED) is 0.712. The van der Waals surface area contributed by atoms with Crippen LogP contribution >= 0.6 is 0 Å². The van der Waals surface area contributed by atoms with Crippen LogP contribution in [0.1, 0.15) is 11.7 Å². The van der Waals surface area contributed by atoms with Crippen molar-refractivity contribution in [3.63, 3.8) is 0 Å². The molecule has 0 heterocycles. The molecule has 2 unspecified atom stereocenters. The molecule has 0 saturated carbocycles. The number of nitrogens with zero attached hydrogens (tertiary/aromatic N) is 1. The molecule has 1 rings (SSSR count). The smallest absolute Gasteiger partial charge is 0.508 e. The number of benzene rings is 1. The van der Waals surface area contributed by atoms with Gasteiger partial charge in [-0.1, -0.05) is 0 Å². The molecule has 0 aliphatic heterocycles. The van der Waals surface area contributed by atoms with Gasteiger partial charge in [0, 0.05) is 5.56 Å². The molecule has 0 aliphatic carbocycles. The van der Waals surface area contributed by atoms with E-state index in [0.29, 0.717) is 0 Å². The van der Waals surface area contributed by atoms with Gasteiger partial charge in [-0.2, -0.15) is 5.26 Å². The Morgan fingerprint density at radius 1 is 1.28 bits per heavy atom. The maximum atomic E-state index is 12.1. The van der Waals surface area contributed by atoms with Crippen molar-refractivity contribution in [2.24, 2.45) is 0 Å². The number of aromatic hydroxyl groups is 1. The topological polar surface area (TPSA) is 93.7 Å². The standard InChI is InChI=1S/C10H8F3NO4/c11-10(12,13)18-8-2-1-5(15)3-6(8)9(17)7(16)4-14/h1-3,7,9,15-17H. The molecular formula is C10H8F3NO4. The Labute approximate surface area is 99.3 Å². The van der Waals surface area contributed by atoms with Crippen LogP contribution in [0, 0.1) is 11.3 Å². The van der Waals surface area contributed by atoms with Crippen LogP contribution in [0.3, 0.4) is 0 Å². The van der Waals surface area contributed by atoms with Gasteiger partial charge in [-0.3, -0.25) is 0 Å². The maximum absolute atomic E-state index is 12.1. The van der Waals surface area contributed by atoms with Gasteiger partial charge >= 0.3 is 6.36 Å². The first kappa shape index (κ1) is 14.1. The molecule has 98 valence electrons. The lowest BCUT2D eigenvalue weighted by Gasteiger charge is -2.18. The summed E-state index contributed by atoms with van der Waals surface area (Å²) in [6, 6.07) is 3.71. The average Bonchev–Trinajstić information content (AvgIpc) is 2.27. The number of hydrogen-bond donors (Lipinski definition) is 3. The van der Waals surface area contributed by atoms with Gasteiger partial charge in [-0.05, 0) is 18.2 Å². The maximum Gasteiger partial charge on any atom is 0.573 e. The first-order valence-electron chi connectivity index (χ1n) is 4.59. The summed E-state index contributed by atoms with van der Waals surface area (Å²) in [4.78, 5) is 0. The van der Waals surface area contributed by atoms with Gasteiger partial charge in [-0.15, -0.1) is 13.2 Å². The molecule has 0 bridgehead atoms. The zero-order chi connectivity index (χ0) is 13.9. The normalized spacial score (nSPS) is 14.7. The molecule has 18 heavy (non-hydrogen) atoms. The average molecular weight is 263 g/mol. The third kappa shape index (κ3) is 3.51. The molecule has 5 nitrogen and oxygen atoms in total. The highest BCUT2D eigenvalue weighted by molar-refractivity contribution is 5.42. The van der Waals surface area contributed by atoms with Gasteiger partial charge in [0.1, 0.15) is 17.6 Å². The first-order valence-corrected chi connectivity index (χ1v) is 4.59. The van der Waals surface area contributed by atoms with Crippen molar-refractivity contribution in [3.05, 3.63) is 23.8 Å². The minimum absolute atomic E-state index is 0.441. The van der Waals surface area contributed by atoms with E-state index in [1.165, 1.54) is 6.07 Å². The Morgan fingerprint density at radius 3 is 2.39 bits per heavy atom. The molecule has 0 amide bonds. The van der Waals surface area contributed by atoms with E-state index in [2.05, 4.69) is 4.74 Å². The largest absolute Gasteiger partial charge is 0.573 e. The predicted octanol–water partition coefficient (Wildman–Crippen LogP) is 1.21. The lowest BCUT2D eigenvalue weighted by Crippen LogP contribution is -2.21. The van der Waals surface area contributed by atoms with E-state index in [0.717, 1.165) is 18.2 Å². The van der Waals surface area contributed by atoms with Gasteiger partial charge in [0.15, 0.2) is 6.10 Å². The summed E-state index contributed by atoms with van der Waals surface area (Å²) in [6.07, 6.45) is -8.87. The van der Waals surface area contributed by atoms with Crippen LogP contribution in [0.4, 0.5) is 13.2 Å². The summed E-state index contributed by atoms with van der Waals surface area (Å²) in [7, 11) is 0. The molecule has 1 aromatic carbocycles. The Balaban J connectivity index is 3.16. The summed E-state index contributed by atoms with van der Waals surface area (Å²) in [6.45, 7) is 0. The number of ether oxygens (including phenoxy) is 1. The molecule has 0 aliphatic rings. The van der Waals surface area contributed by atoms with Crippen molar-refractivity contribution in [2.45, 2.75) is 18.6 Å². The highest BCUT2D eigenvalue weighted by atomic mass is 19.4. The summed E-state index contributed by atoms with van der Waals surface area (Å²) in [5, 5.41) is 36.0. The number of aliphatic hydroxyl groups excluding tert-OH is 2. The SMILES string of the molecule is N#CC(O)C(O)c1cc(O)ccc1OC(F)(F)F. The molecule has 1 aromatic rings. The van der Waals surface area contributed by atoms with Gasteiger partial charge in [-0.25, -0.2) is 0 Å². The predicted molar refractivity (Wildman–Crippen MR) is 51.4 cm³/mol. The minimum atomic E-state index is -5.00. The van der Waals surface area contributed by atoms with Gasteiger partial charge in [0.2, 0.25) is 0 Å². The van der Waals surface area contributed by atoms with Crippen molar-refractivity contribution >= 4 is 0 Å². The Hall–Kier alpha value is -1.98. The van der Waals surface area contributed by atoms with Crippen LogP contribution in [0.5, 0.6) is 11.5 Å². The third-order valence-electron chi connectivity index (χ3n) is 1.97. The molecule has 0 fully saturated rings. The highest BCUT2D eigenvalue weighted by Crippen LogP contribution is 2.34.